The van der Waals surface area contributed by atoms with Crippen molar-refractivity contribution in [2.45, 2.75) is 13.7 Å². The number of nitrogens with one attached hydrogen (secondary N) is 1. The Morgan fingerprint density at radius 1 is 1.50 bits per heavy atom. The summed E-state index contributed by atoms with van der Waals surface area (Å²) in [7, 11) is -4.66. The number of carbonyl (C=O) groups excluding carboxylic acids is 1. The third kappa shape index (κ3) is 4.43. The lowest BCUT2D eigenvalue weighted by Gasteiger charge is -2.05. The molecule has 0 aliphatic carbocycles. The first kappa shape index (κ1) is 16.2. The van der Waals surface area contributed by atoms with Crippen LogP contribution in [0.5, 0.6) is 0 Å². The van der Waals surface area contributed by atoms with Gasteiger partial charge in [-0.3, -0.25) is 9.32 Å². The second-order valence-electron chi connectivity index (χ2n) is 4.29. The third-order valence-corrected chi connectivity index (χ3v) is 2.94. The molecule has 0 atom stereocenters. The van der Waals surface area contributed by atoms with E-state index < -0.39 is 26.3 Å². The Hall–Kier alpha value is -2.13. The van der Waals surface area contributed by atoms with Crippen LogP contribution in [-0.4, -0.2) is 30.7 Å². The molecule has 11 heteroatoms. The van der Waals surface area contributed by atoms with Gasteiger partial charge in [-0.1, -0.05) is 6.07 Å². The van der Waals surface area contributed by atoms with Crippen molar-refractivity contribution in [3.63, 3.8) is 0 Å². The molecule has 0 saturated heterocycles. The maximum atomic E-state index is 13.6. The van der Waals surface area contributed by atoms with Gasteiger partial charge in [-0.05, 0) is 24.6 Å². The maximum absolute atomic E-state index is 13.6. The summed E-state index contributed by atoms with van der Waals surface area (Å²) in [5.74, 6) is -1.31. The highest BCUT2D eigenvalue weighted by atomic mass is 31.2. The Bertz CT molecular complexity index is 744. The van der Waals surface area contributed by atoms with Crippen molar-refractivity contribution in [3.05, 3.63) is 41.5 Å². The molecule has 1 aromatic carbocycles. The minimum absolute atomic E-state index is 0.0170. The van der Waals surface area contributed by atoms with Crippen LogP contribution in [0.4, 0.5) is 10.1 Å². The molecule has 9 nitrogen and oxygen atoms in total. The number of phosphoric ester groups is 1. The van der Waals surface area contributed by atoms with Gasteiger partial charge in [0.25, 0.3) is 5.91 Å². The normalized spacial score (nSPS) is 11.5. The van der Waals surface area contributed by atoms with Crippen LogP contribution in [-0.2, 0) is 15.8 Å². The Morgan fingerprint density at radius 3 is 2.86 bits per heavy atom. The van der Waals surface area contributed by atoms with Crippen LogP contribution >= 0.6 is 7.82 Å². The van der Waals surface area contributed by atoms with Gasteiger partial charge in [0, 0.05) is 0 Å². The lowest BCUT2D eigenvalue weighted by molar-refractivity contribution is 0.101. The summed E-state index contributed by atoms with van der Waals surface area (Å²) in [4.78, 5) is 29.7. The molecule has 0 fully saturated rings. The van der Waals surface area contributed by atoms with Gasteiger partial charge in [0.2, 0.25) is 0 Å². The van der Waals surface area contributed by atoms with Crippen molar-refractivity contribution >= 4 is 19.4 Å². The molecule has 2 aromatic rings. The highest BCUT2D eigenvalue weighted by Gasteiger charge is 2.17. The van der Waals surface area contributed by atoms with E-state index in [0.29, 0.717) is 5.56 Å². The van der Waals surface area contributed by atoms with Crippen molar-refractivity contribution in [1.29, 1.82) is 0 Å². The van der Waals surface area contributed by atoms with Gasteiger partial charge in [-0.15, -0.1) is 5.10 Å². The molecule has 1 amide bonds. The van der Waals surface area contributed by atoms with Crippen molar-refractivity contribution in [2.75, 3.05) is 5.32 Å². The van der Waals surface area contributed by atoms with Gasteiger partial charge < -0.3 is 15.1 Å². The summed E-state index contributed by atoms with van der Waals surface area (Å²) in [6.07, 6.45) is 1.06. The fourth-order valence-corrected chi connectivity index (χ4v) is 1.75. The number of benzene rings is 1. The minimum atomic E-state index is -4.66. The third-order valence-electron chi connectivity index (χ3n) is 2.48. The van der Waals surface area contributed by atoms with Gasteiger partial charge in [0.15, 0.2) is 12.4 Å². The van der Waals surface area contributed by atoms with Crippen LogP contribution in [0.15, 0.2) is 24.4 Å². The molecule has 2 rings (SSSR count). The van der Waals surface area contributed by atoms with Crippen LogP contribution in [0.2, 0.25) is 0 Å². The van der Waals surface area contributed by atoms with Gasteiger partial charge in [-0.2, -0.15) is 9.90 Å². The molecular weight excluding hydrogens is 318 g/mol. The Balaban J connectivity index is 2.04. The zero-order valence-electron chi connectivity index (χ0n) is 11.3. The van der Waals surface area contributed by atoms with Crippen molar-refractivity contribution in [1.82, 2.24) is 15.0 Å². The average molecular weight is 330 g/mol. The second kappa shape index (κ2) is 6.32. The quantitative estimate of drug-likeness (QED) is 0.699. The standard InChI is InChI=1S/C11H12FN4O5P/c1-7-2-3-9(8(12)4-7)14-11(17)10-5-13-16(15-10)6-21-22(18,19)20/h2-5H,6H2,1H3,(H,14,17)(H2,18,19,20). The first-order chi connectivity index (χ1) is 10.2. The van der Waals surface area contributed by atoms with Crippen LogP contribution in [0.25, 0.3) is 0 Å². The van der Waals surface area contributed by atoms with Gasteiger partial charge in [0.05, 0.1) is 11.9 Å². The molecule has 0 unspecified atom stereocenters. The topological polar surface area (TPSA) is 127 Å². The SMILES string of the molecule is Cc1ccc(NC(=O)c2cnn(COP(=O)(O)O)n2)c(F)c1. The number of rotatable bonds is 5. The molecule has 118 valence electrons. The predicted octanol–water partition coefficient (Wildman–Crippen LogP) is 1.04. The molecular formula is C11H12FN4O5P. The number of carbonyl (C=O) groups is 1. The van der Waals surface area contributed by atoms with Crippen molar-refractivity contribution in [3.8, 4) is 0 Å². The molecule has 0 spiro atoms. The molecule has 0 aliphatic rings. The van der Waals surface area contributed by atoms with Gasteiger partial charge >= 0.3 is 7.82 Å². The number of anilines is 1. The monoisotopic (exact) mass is 330 g/mol. The van der Waals surface area contributed by atoms with Gasteiger partial charge in [0.1, 0.15) is 5.82 Å². The van der Waals surface area contributed by atoms with E-state index in [9.17, 15) is 13.8 Å². The molecule has 3 N–H and O–H groups in total. The van der Waals surface area contributed by atoms with E-state index in [1.165, 1.54) is 12.1 Å². The fraction of sp³-hybridized carbons (Fsp3) is 0.182. The summed E-state index contributed by atoms with van der Waals surface area (Å²) < 4.78 is 28.3. The number of amides is 1. The first-order valence-electron chi connectivity index (χ1n) is 5.92. The molecule has 22 heavy (non-hydrogen) atoms. The number of nitrogens with zero attached hydrogens (tertiary/aromatic N) is 3. The largest absolute Gasteiger partial charge is 0.471 e. The van der Waals surface area contributed by atoms with Crippen LogP contribution in [0.1, 0.15) is 16.1 Å². The Labute approximate surface area is 124 Å². The van der Waals surface area contributed by atoms with Crippen LogP contribution < -0.4 is 5.32 Å². The number of hydrogen-bond acceptors (Lipinski definition) is 5. The number of hydrogen-bond donors (Lipinski definition) is 3. The summed E-state index contributed by atoms with van der Waals surface area (Å²) in [6.45, 7) is 1.08. The Kier molecular flexibility index (Phi) is 4.67. The molecule has 0 radical (unpaired) electrons. The summed E-state index contributed by atoms with van der Waals surface area (Å²) >= 11 is 0. The van der Waals surface area contributed by atoms with Crippen molar-refractivity contribution < 1.29 is 28.1 Å². The van der Waals surface area contributed by atoms with Gasteiger partial charge in [-0.25, -0.2) is 8.96 Å². The van der Waals surface area contributed by atoms with E-state index >= 15 is 0 Å². The first-order valence-corrected chi connectivity index (χ1v) is 7.45. The van der Waals surface area contributed by atoms with E-state index in [0.717, 1.165) is 11.0 Å². The highest BCUT2D eigenvalue weighted by Crippen LogP contribution is 2.35. The Morgan fingerprint density at radius 2 is 2.23 bits per heavy atom. The van der Waals surface area contributed by atoms with E-state index in [-0.39, 0.29) is 11.4 Å². The van der Waals surface area contributed by atoms with E-state index in [1.807, 2.05) is 0 Å². The molecule has 0 aliphatic heterocycles. The summed E-state index contributed by atoms with van der Waals surface area (Å²) in [6, 6.07) is 4.30. The smallest absolute Gasteiger partial charge is 0.318 e. The summed E-state index contributed by atoms with van der Waals surface area (Å²) in [5, 5.41) is 9.58. The second-order valence-corrected chi connectivity index (χ2v) is 5.53. The lowest BCUT2D eigenvalue weighted by atomic mass is 10.2. The zero-order valence-corrected chi connectivity index (χ0v) is 12.2. The maximum Gasteiger partial charge on any atom is 0.471 e. The van der Waals surface area contributed by atoms with Crippen LogP contribution in [0.3, 0.4) is 0 Å². The number of phosphoric acid groups is 1. The average Bonchev–Trinajstić information content (AvgIpc) is 2.88. The van der Waals surface area contributed by atoms with Crippen molar-refractivity contribution in [2.24, 2.45) is 0 Å². The molecule has 1 heterocycles. The van der Waals surface area contributed by atoms with Crippen LogP contribution in [0, 0.1) is 12.7 Å². The predicted molar refractivity (Wildman–Crippen MR) is 72.2 cm³/mol. The molecule has 0 bridgehead atoms. The van der Waals surface area contributed by atoms with E-state index in [4.69, 9.17) is 9.79 Å². The summed E-state index contributed by atoms with van der Waals surface area (Å²) in [5.41, 5.74) is 0.530. The zero-order chi connectivity index (χ0) is 16.3. The minimum Gasteiger partial charge on any atom is -0.318 e. The molecule has 0 saturated carbocycles. The number of aromatic nitrogens is 3. The molecule has 1 aromatic heterocycles. The fourth-order valence-electron chi connectivity index (χ4n) is 1.50. The number of halogens is 1. The lowest BCUT2D eigenvalue weighted by Crippen LogP contribution is -2.14. The highest BCUT2D eigenvalue weighted by molar-refractivity contribution is 7.46. The van der Waals surface area contributed by atoms with E-state index in [1.54, 1.807) is 13.0 Å². The van der Waals surface area contributed by atoms with E-state index in [2.05, 4.69) is 20.0 Å². The number of aryl methyl sites for hydroxylation is 1.